The summed E-state index contributed by atoms with van der Waals surface area (Å²) < 4.78 is 22.1. The molecule has 2 aliphatic carbocycles. The van der Waals surface area contributed by atoms with Crippen molar-refractivity contribution in [2.45, 2.75) is 90.2 Å². The van der Waals surface area contributed by atoms with Gasteiger partial charge in [-0.15, -0.1) is 10.2 Å². The zero-order valence-corrected chi connectivity index (χ0v) is 21.7. The van der Waals surface area contributed by atoms with Gasteiger partial charge < -0.3 is 9.64 Å². The van der Waals surface area contributed by atoms with Crippen molar-refractivity contribution >= 4 is 17.7 Å². The fourth-order valence-corrected chi connectivity index (χ4v) is 6.98. The van der Waals surface area contributed by atoms with Gasteiger partial charge in [0.2, 0.25) is 5.91 Å². The Balaban J connectivity index is 1.54. The van der Waals surface area contributed by atoms with Crippen LogP contribution >= 0.6 is 11.8 Å². The van der Waals surface area contributed by atoms with E-state index in [2.05, 4.69) is 21.7 Å². The molecule has 8 heteroatoms. The van der Waals surface area contributed by atoms with Crippen LogP contribution in [0.3, 0.4) is 0 Å². The SMILES string of the molecule is CC(C)N(C(=O)CSc1nnc(COc2ccccc2F)n1[C@@H](C)[C@@H]1C[C@@H]2CC[C@H]1C2)C(C)C. The molecule has 2 bridgehead atoms. The van der Waals surface area contributed by atoms with Crippen molar-refractivity contribution in [1.82, 2.24) is 19.7 Å². The van der Waals surface area contributed by atoms with E-state index in [0.717, 1.165) is 17.0 Å². The smallest absolute Gasteiger partial charge is 0.233 e. The van der Waals surface area contributed by atoms with Gasteiger partial charge in [0, 0.05) is 18.1 Å². The average molecular weight is 489 g/mol. The molecular formula is C26H37FN4O2S. The number of halogens is 1. The Morgan fingerprint density at radius 3 is 2.50 bits per heavy atom. The van der Waals surface area contributed by atoms with E-state index in [1.807, 2.05) is 32.6 Å². The Hall–Kier alpha value is -2.09. The molecule has 2 fully saturated rings. The van der Waals surface area contributed by atoms with Crippen molar-refractivity contribution in [3.63, 3.8) is 0 Å². The van der Waals surface area contributed by atoms with E-state index in [1.54, 1.807) is 18.2 Å². The maximum Gasteiger partial charge on any atom is 0.233 e. The molecule has 186 valence electrons. The Labute approximate surface area is 206 Å². The number of fused-ring (bicyclic) bond motifs is 2. The fraction of sp³-hybridized carbons (Fsp3) is 0.654. The zero-order valence-electron chi connectivity index (χ0n) is 20.9. The zero-order chi connectivity index (χ0) is 24.4. The number of para-hydroxylation sites is 1. The van der Waals surface area contributed by atoms with E-state index in [4.69, 9.17) is 4.74 Å². The summed E-state index contributed by atoms with van der Waals surface area (Å²) in [5.74, 6) is 3.04. The van der Waals surface area contributed by atoms with Crippen LogP contribution in [0.5, 0.6) is 5.75 Å². The maximum absolute atomic E-state index is 14.1. The summed E-state index contributed by atoms with van der Waals surface area (Å²) >= 11 is 1.44. The monoisotopic (exact) mass is 488 g/mol. The molecule has 0 radical (unpaired) electrons. The van der Waals surface area contributed by atoms with Gasteiger partial charge in [-0.05, 0) is 83.8 Å². The Morgan fingerprint density at radius 2 is 1.88 bits per heavy atom. The number of nitrogens with zero attached hydrogens (tertiary/aromatic N) is 4. The molecule has 1 heterocycles. The van der Waals surface area contributed by atoms with Crippen LogP contribution < -0.4 is 4.74 Å². The summed E-state index contributed by atoms with van der Waals surface area (Å²) in [7, 11) is 0. The summed E-state index contributed by atoms with van der Waals surface area (Å²) in [6.07, 6.45) is 5.18. The molecular weight excluding hydrogens is 451 g/mol. The first-order valence-corrected chi connectivity index (χ1v) is 13.5. The molecule has 6 nitrogen and oxygen atoms in total. The Kier molecular flexibility index (Phi) is 7.85. The molecule has 2 saturated carbocycles. The van der Waals surface area contributed by atoms with E-state index in [1.165, 1.54) is 43.5 Å². The highest BCUT2D eigenvalue weighted by atomic mass is 32.2. The fourth-order valence-electron chi connectivity index (χ4n) is 6.07. The van der Waals surface area contributed by atoms with Crippen LogP contribution in [0.2, 0.25) is 0 Å². The lowest BCUT2D eigenvalue weighted by molar-refractivity contribution is -0.131. The molecule has 0 unspecified atom stereocenters. The number of benzene rings is 1. The lowest BCUT2D eigenvalue weighted by Crippen LogP contribution is -2.43. The minimum Gasteiger partial charge on any atom is -0.483 e. The summed E-state index contributed by atoms with van der Waals surface area (Å²) in [4.78, 5) is 14.9. The number of carbonyl (C=O) groups excluding carboxylic acids is 1. The first-order chi connectivity index (χ1) is 16.3. The van der Waals surface area contributed by atoms with E-state index >= 15 is 0 Å². The Morgan fingerprint density at radius 1 is 1.15 bits per heavy atom. The number of aromatic nitrogens is 3. The van der Waals surface area contributed by atoms with E-state index in [9.17, 15) is 9.18 Å². The van der Waals surface area contributed by atoms with Gasteiger partial charge in [-0.3, -0.25) is 9.36 Å². The molecule has 0 saturated heterocycles. The number of hydrogen-bond acceptors (Lipinski definition) is 5. The van der Waals surface area contributed by atoms with Crippen LogP contribution in [0, 0.1) is 23.6 Å². The minimum atomic E-state index is -0.391. The van der Waals surface area contributed by atoms with E-state index in [-0.39, 0.29) is 36.4 Å². The first kappa shape index (κ1) is 25.0. The van der Waals surface area contributed by atoms with Crippen LogP contribution in [0.4, 0.5) is 4.39 Å². The van der Waals surface area contributed by atoms with Crippen LogP contribution in [-0.2, 0) is 11.4 Å². The molecule has 4 atom stereocenters. The van der Waals surface area contributed by atoms with Crippen LogP contribution in [0.1, 0.15) is 72.2 Å². The molecule has 0 spiro atoms. The Bertz CT molecular complexity index is 987. The second-order valence-corrected chi connectivity index (χ2v) is 11.3. The summed E-state index contributed by atoms with van der Waals surface area (Å²) in [6.45, 7) is 10.5. The van der Waals surface area contributed by atoms with Gasteiger partial charge in [-0.25, -0.2) is 4.39 Å². The quantitative estimate of drug-likeness (QED) is 0.400. The molecule has 2 aromatic rings. The summed E-state index contributed by atoms with van der Waals surface area (Å²) in [5.41, 5.74) is 0. The van der Waals surface area contributed by atoms with E-state index < -0.39 is 5.82 Å². The van der Waals surface area contributed by atoms with Crippen molar-refractivity contribution in [1.29, 1.82) is 0 Å². The highest BCUT2D eigenvalue weighted by Crippen LogP contribution is 2.52. The molecule has 4 rings (SSSR count). The van der Waals surface area contributed by atoms with Gasteiger partial charge in [0.25, 0.3) is 0 Å². The number of amides is 1. The second kappa shape index (κ2) is 10.7. The third kappa shape index (κ3) is 5.26. The van der Waals surface area contributed by atoms with Crippen LogP contribution in [-0.4, -0.2) is 43.4 Å². The molecule has 1 aromatic heterocycles. The van der Waals surface area contributed by atoms with Gasteiger partial charge in [-0.1, -0.05) is 30.3 Å². The summed E-state index contributed by atoms with van der Waals surface area (Å²) in [5, 5.41) is 9.63. The van der Waals surface area contributed by atoms with Crippen molar-refractivity contribution < 1.29 is 13.9 Å². The van der Waals surface area contributed by atoms with Gasteiger partial charge in [0.1, 0.15) is 6.61 Å². The van der Waals surface area contributed by atoms with Gasteiger partial charge in [0.15, 0.2) is 22.5 Å². The number of hydrogen-bond donors (Lipinski definition) is 0. The van der Waals surface area contributed by atoms with Crippen LogP contribution in [0.25, 0.3) is 0 Å². The number of carbonyl (C=O) groups is 1. The molecule has 0 aliphatic heterocycles. The first-order valence-electron chi connectivity index (χ1n) is 12.5. The van der Waals surface area contributed by atoms with Crippen molar-refractivity contribution in [3.05, 3.63) is 35.9 Å². The largest absolute Gasteiger partial charge is 0.483 e. The average Bonchev–Trinajstić information content (AvgIpc) is 3.52. The number of ether oxygens (including phenoxy) is 1. The molecule has 1 aromatic carbocycles. The topological polar surface area (TPSA) is 60.3 Å². The minimum absolute atomic E-state index is 0.0984. The highest BCUT2D eigenvalue weighted by molar-refractivity contribution is 7.99. The second-order valence-electron chi connectivity index (χ2n) is 10.3. The normalized spacial score (nSPS) is 22.5. The van der Waals surface area contributed by atoms with Gasteiger partial charge >= 0.3 is 0 Å². The molecule has 0 N–H and O–H groups in total. The lowest BCUT2D eigenvalue weighted by Gasteiger charge is -2.31. The molecule has 2 aliphatic rings. The third-order valence-corrected chi connectivity index (χ3v) is 8.40. The molecule has 1 amide bonds. The maximum atomic E-state index is 14.1. The standard InChI is InChI=1S/C26H37FN4O2S/c1-16(2)30(17(3)4)25(32)15-34-26-29-28-24(14-33-23-9-7-6-8-22(23)27)31(26)18(5)21-13-19-10-11-20(21)12-19/h6-9,16-21H,10-15H2,1-5H3/t18-,19+,20-,21-/m0/s1. The van der Waals surface area contributed by atoms with Crippen LogP contribution in [0.15, 0.2) is 29.4 Å². The third-order valence-electron chi connectivity index (χ3n) is 7.47. The lowest BCUT2D eigenvalue weighted by atomic mass is 9.84. The van der Waals surface area contributed by atoms with Crippen molar-refractivity contribution in [2.24, 2.45) is 17.8 Å². The highest BCUT2D eigenvalue weighted by Gasteiger charge is 2.43. The predicted octanol–water partition coefficient (Wildman–Crippen LogP) is 5.73. The number of rotatable bonds is 10. The molecule has 34 heavy (non-hydrogen) atoms. The van der Waals surface area contributed by atoms with Gasteiger partial charge in [-0.2, -0.15) is 0 Å². The van der Waals surface area contributed by atoms with Crippen molar-refractivity contribution in [2.75, 3.05) is 5.75 Å². The number of thioether (sulfide) groups is 1. The summed E-state index contributed by atoms with van der Waals surface area (Å²) in [6, 6.07) is 6.89. The van der Waals surface area contributed by atoms with Crippen molar-refractivity contribution in [3.8, 4) is 5.75 Å². The van der Waals surface area contributed by atoms with Gasteiger partial charge in [0.05, 0.1) is 5.75 Å². The van der Waals surface area contributed by atoms with E-state index in [0.29, 0.717) is 17.5 Å². The predicted molar refractivity (Wildman–Crippen MR) is 132 cm³/mol.